The van der Waals surface area contributed by atoms with E-state index < -0.39 is 0 Å². The topological polar surface area (TPSA) is 23.5 Å². The molecular formula is C10H21NO. The average Bonchev–Trinajstić information content (AvgIpc) is 1.96. The van der Waals surface area contributed by atoms with Crippen LogP contribution >= 0.6 is 0 Å². The summed E-state index contributed by atoms with van der Waals surface area (Å²) >= 11 is 0. The molecule has 2 heteroatoms. The lowest BCUT2D eigenvalue weighted by Crippen LogP contribution is -2.44. The van der Waals surface area contributed by atoms with Crippen molar-refractivity contribution in [1.82, 2.24) is 4.90 Å². The van der Waals surface area contributed by atoms with Gasteiger partial charge in [0.2, 0.25) is 0 Å². The minimum absolute atomic E-state index is 0.183. The van der Waals surface area contributed by atoms with Crippen LogP contribution in [0.25, 0.3) is 0 Å². The van der Waals surface area contributed by atoms with E-state index >= 15 is 0 Å². The third kappa shape index (κ3) is 2.76. The zero-order valence-corrected chi connectivity index (χ0v) is 8.45. The summed E-state index contributed by atoms with van der Waals surface area (Å²) in [4.78, 5) is 2.40. The number of likely N-dealkylation sites (tertiary alicyclic amines) is 1. The molecule has 0 bridgehead atoms. The van der Waals surface area contributed by atoms with E-state index in [9.17, 15) is 5.11 Å². The molecule has 3 atom stereocenters. The number of hydrogen-bond donors (Lipinski definition) is 1. The average molecular weight is 171 g/mol. The van der Waals surface area contributed by atoms with Crippen molar-refractivity contribution in [3.63, 3.8) is 0 Å². The molecule has 1 fully saturated rings. The van der Waals surface area contributed by atoms with Gasteiger partial charge in [0.25, 0.3) is 0 Å². The molecule has 0 saturated carbocycles. The Hall–Kier alpha value is -0.0800. The van der Waals surface area contributed by atoms with Crippen LogP contribution in [0.1, 0.15) is 33.6 Å². The molecule has 0 aromatic rings. The fourth-order valence-electron chi connectivity index (χ4n) is 1.97. The van der Waals surface area contributed by atoms with Crippen LogP contribution in [0.3, 0.4) is 0 Å². The smallest absolute Gasteiger partial charge is 0.0639 e. The highest BCUT2D eigenvalue weighted by Crippen LogP contribution is 2.21. The maximum Gasteiger partial charge on any atom is 0.0639 e. The van der Waals surface area contributed by atoms with Crippen LogP contribution in [0.4, 0.5) is 0 Å². The van der Waals surface area contributed by atoms with E-state index in [1.165, 1.54) is 12.8 Å². The zero-order valence-electron chi connectivity index (χ0n) is 8.45. The van der Waals surface area contributed by atoms with E-state index in [1.807, 2.05) is 6.92 Å². The van der Waals surface area contributed by atoms with Crippen LogP contribution in [0.15, 0.2) is 0 Å². The Bertz CT molecular complexity index is 134. The Kier molecular flexibility index (Phi) is 3.53. The highest BCUT2D eigenvalue weighted by atomic mass is 16.3. The summed E-state index contributed by atoms with van der Waals surface area (Å²) in [6, 6.07) is 0.663. The van der Waals surface area contributed by atoms with Gasteiger partial charge in [-0.1, -0.05) is 6.92 Å². The van der Waals surface area contributed by atoms with E-state index in [0.29, 0.717) is 6.04 Å². The van der Waals surface area contributed by atoms with Crippen molar-refractivity contribution in [2.45, 2.75) is 45.8 Å². The van der Waals surface area contributed by atoms with Crippen molar-refractivity contribution in [3.05, 3.63) is 0 Å². The lowest BCUT2D eigenvalue weighted by atomic mass is 9.95. The molecule has 72 valence electrons. The van der Waals surface area contributed by atoms with Crippen molar-refractivity contribution >= 4 is 0 Å². The molecule has 0 aromatic heterocycles. The summed E-state index contributed by atoms with van der Waals surface area (Å²) in [5, 5.41) is 9.27. The maximum atomic E-state index is 9.27. The second kappa shape index (κ2) is 4.24. The van der Waals surface area contributed by atoms with Gasteiger partial charge in [0.15, 0.2) is 0 Å². The molecule has 1 saturated heterocycles. The lowest BCUT2D eigenvalue weighted by Gasteiger charge is -2.37. The number of nitrogens with zero attached hydrogens (tertiary/aromatic N) is 1. The molecule has 12 heavy (non-hydrogen) atoms. The minimum Gasteiger partial charge on any atom is -0.392 e. The second-order valence-electron chi connectivity index (χ2n) is 4.33. The van der Waals surface area contributed by atoms with Crippen LogP contribution in [0.2, 0.25) is 0 Å². The first-order valence-corrected chi connectivity index (χ1v) is 5.01. The van der Waals surface area contributed by atoms with Crippen molar-refractivity contribution in [2.24, 2.45) is 5.92 Å². The maximum absolute atomic E-state index is 9.27. The van der Waals surface area contributed by atoms with E-state index in [0.717, 1.165) is 19.0 Å². The predicted octanol–water partition coefficient (Wildman–Crippen LogP) is 1.49. The van der Waals surface area contributed by atoms with Gasteiger partial charge in [0.1, 0.15) is 0 Å². The number of β-amino-alcohol motifs (C(OH)–C–C–N with tert-alkyl or cyclic N) is 1. The Labute approximate surface area is 75.6 Å². The van der Waals surface area contributed by atoms with E-state index in [4.69, 9.17) is 0 Å². The molecule has 0 aromatic carbocycles. The monoisotopic (exact) mass is 171 g/mol. The summed E-state index contributed by atoms with van der Waals surface area (Å²) in [5.74, 6) is 0.806. The minimum atomic E-state index is -0.183. The standard InChI is InChI=1S/C10H21NO/c1-8-4-5-9(2)11(6-8)7-10(3)12/h8-10,12H,4-7H2,1-3H3/t8?,9?,10-/m0/s1. The van der Waals surface area contributed by atoms with Gasteiger partial charge in [-0.15, -0.1) is 0 Å². The highest BCUT2D eigenvalue weighted by molar-refractivity contribution is 4.77. The first-order valence-electron chi connectivity index (χ1n) is 5.01. The molecule has 1 N–H and O–H groups in total. The molecule has 0 radical (unpaired) electrons. The van der Waals surface area contributed by atoms with Gasteiger partial charge in [-0.3, -0.25) is 4.90 Å². The number of rotatable bonds is 2. The summed E-state index contributed by atoms with van der Waals surface area (Å²) in [7, 11) is 0. The SMILES string of the molecule is CC1CCC(C)N(C[C@H](C)O)C1. The van der Waals surface area contributed by atoms with E-state index in [1.54, 1.807) is 0 Å². The Balaban J connectivity index is 2.38. The Morgan fingerprint density at radius 2 is 2.08 bits per heavy atom. The molecule has 2 nitrogen and oxygen atoms in total. The van der Waals surface area contributed by atoms with Gasteiger partial charge in [-0.2, -0.15) is 0 Å². The summed E-state index contributed by atoms with van der Waals surface area (Å²) in [5.41, 5.74) is 0. The van der Waals surface area contributed by atoms with Gasteiger partial charge in [-0.25, -0.2) is 0 Å². The fourth-order valence-corrected chi connectivity index (χ4v) is 1.97. The molecule has 1 aliphatic heterocycles. The first-order chi connectivity index (χ1) is 5.59. The molecule has 1 aliphatic rings. The van der Waals surface area contributed by atoms with Gasteiger partial charge < -0.3 is 5.11 Å². The van der Waals surface area contributed by atoms with Crippen LogP contribution in [0.5, 0.6) is 0 Å². The van der Waals surface area contributed by atoms with Gasteiger partial charge in [-0.05, 0) is 32.6 Å². The van der Waals surface area contributed by atoms with Crippen LogP contribution in [0, 0.1) is 5.92 Å². The zero-order chi connectivity index (χ0) is 9.14. The van der Waals surface area contributed by atoms with Gasteiger partial charge in [0, 0.05) is 19.1 Å². The summed E-state index contributed by atoms with van der Waals surface area (Å²) in [6.45, 7) is 8.42. The summed E-state index contributed by atoms with van der Waals surface area (Å²) in [6.07, 6.45) is 2.45. The molecule has 1 rings (SSSR count). The van der Waals surface area contributed by atoms with Crippen LogP contribution in [-0.4, -0.2) is 35.2 Å². The normalized spacial score (nSPS) is 35.0. The van der Waals surface area contributed by atoms with E-state index in [-0.39, 0.29) is 6.10 Å². The van der Waals surface area contributed by atoms with Crippen molar-refractivity contribution in [1.29, 1.82) is 0 Å². The molecule has 0 aliphatic carbocycles. The molecule has 0 spiro atoms. The van der Waals surface area contributed by atoms with Crippen LogP contribution in [-0.2, 0) is 0 Å². The number of aliphatic hydroxyl groups excluding tert-OH is 1. The number of hydrogen-bond acceptors (Lipinski definition) is 2. The van der Waals surface area contributed by atoms with Gasteiger partial charge >= 0.3 is 0 Å². The number of piperidine rings is 1. The van der Waals surface area contributed by atoms with Crippen molar-refractivity contribution in [3.8, 4) is 0 Å². The van der Waals surface area contributed by atoms with E-state index in [2.05, 4.69) is 18.7 Å². The number of aliphatic hydroxyl groups is 1. The third-order valence-corrected chi connectivity index (χ3v) is 2.75. The highest BCUT2D eigenvalue weighted by Gasteiger charge is 2.23. The third-order valence-electron chi connectivity index (χ3n) is 2.75. The second-order valence-corrected chi connectivity index (χ2v) is 4.33. The largest absolute Gasteiger partial charge is 0.392 e. The lowest BCUT2D eigenvalue weighted by molar-refractivity contribution is 0.0653. The Morgan fingerprint density at radius 3 is 2.67 bits per heavy atom. The van der Waals surface area contributed by atoms with Crippen LogP contribution < -0.4 is 0 Å². The predicted molar refractivity (Wildman–Crippen MR) is 51.1 cm³/mol. The van der Waals surface area contributed by atoms with Crippen molar-refractivity contribution in [2.75, 3.05) is 13.1 Å². The molecule has 1 heterocycles. The summed E-state index contributed by atoms with van der Waals surface area (Å²) < 4.78 is 0. The molecule has 2 unspecified atom stereocenters. The van der Waals surface area contributed by atoms with Crippen molar-refractivity contribution < 1.29 is 5.11 Å². The Morgan fingerprint density at radius 1 is 1.42 bits per heavy atom. The molecule has 0 amide bonds. The fraction of sp³-hybridized carbons (Fsp3) is 1.00. The first kappa shape index (κ1) is 10.0. The molecular weight excluding hydrogens is 150 g/mol. The van der Waals surface area contributed by atoms with Gasteiger partial charge in [0.05, 0.1) is 6.10 Å². The quantitative estimate of drug-likeness (QED) is 0.680.